The van der Waals surface area contributed by atoms with Gasteiger partial charge in [0.05, 0.1) is 12.7 Å². The molecule has 0 radical (unpaired) electrons. The summed E-state index contributed by atoms with van der Waals surface area (Å²) in [6, 6.07) is 7.74. The number of carbonyl (C=O) groups excluding carboxylic acids is 2. The average Bonchev–Trinajstić information content (AvgIpc) is 2.90. The topological polar surface area (TPSA) is 95.0 Å². The molecule has 2 atom stereocenters. The number of nitrogens with one attached hydrogen (secondary N) is 1. The van der Waals surface area contributed by atoms with Gasteiger partial charge in [-0.1, -0.05) is 23.7 Å². The molecule has 0 spiro atoms. The Balaban J connectivity index is 1.55. The lowest BCUT2D eigenvalue weighted by atomic mass is 9.90. The first kappa shape index (κ1) is 30.4. The quantitative estimate of drug-likeness (QED) is 0.348. The van der Waals surface area contributed by atoms with Crippen LogP contribution in [0.5, 0.6) is 5.75 Å². The Morgan fingerprint density at radius 3 is 2.46 bits per heavy atom. The number of hydrogen-bond acceptors (Lipinski definition) is 6. The number of rotatable bonds is 9. The van der Waals surface area contributed by atoms with E-state index in [0.29, 0.717) is 31.7 Å². The molecular formula is C26H31ClF4N4O4. The third-order valence-electron chi connectivity index (χ3n) is 6.71. The zero-order valence-corrected chi connectivity index (χ0v) is 22.5. The summed E-state index contributed by atoms with van der Waals surface area (Å²) in [5, 5.41) is 12.4. The highest BCUT2D eigenvalue weighted by molar-refractivity contribution is 6.32. The van der Waals surface area contributed by atoms with Crippen LogP contribution in [0.15, 0.2) is 36.4 Å². The van der Waals surface area contributed by atoms with Crippen molar-refractivity contribution in [2.24, 2.45) is 5.92 Å². The predicted octanol–water partition coefficient (Wildman–Crippen LogP) is 3.96. The lowest BCUT2D eigenvalue weighted by molar-refractivity contribution is -0.257. The Morgan fingerprint density at radius 2 is 1.90 bits per heavy atom. The lowest BCUT2D eigenvalue weighted by Gasteiger charge is -2.34. The lowest BCUT2D eigenvalue weighted by Crippen LogP contribution is -2.55. The molecule has 2 aromatic rings. The number of nitrogens with zero attached hydrogens (tertiary/aromatic N) is 3. The molecule has 1 aliphatic heterocycles. The molecule has 1 fully saturated rings. The largest absolute Gasteiger partial charge is 0.497 e. The Kier molecular flexibility index (Phi) is 9.65. The summed E-state index contributed by atoms with van der Waals surface area (Å²) in [4.78, 5) is 32.3. The summed E-state index contributed by atoms with van der Waals surface area (Å²) in [7, 11) is 4.45. The molecule has 13 heteroatoms. The minimum atomic E-state index is -5.35. The number of ether oxygens (including phenoxy) is 1. The van der Waals surface area contributed by atoms with Gasteiger partial charge in [-0.25, -0.2) is 9.37 Å². The van der Waals surface area contributed by atoms with Gasteiger partial charge in [-0.3, -0.25) is 9.59 Å². The maximum atomic E-state index is 14.7. The highest BCUT2D eigenvalue weighted by Crippen LogP contribution is 2.40. The van der Waals surface area contributed by atoms with Crippen LogP contribution >= 0.6 is 11.6 Å². The van der Waals surface area contributed by atoms with Gasteiger partial charge in [-0.05, 0) is 49.4 Å². The van der Waals surface area contributed by atoms with Crippen molar-refractivity contribution in [2.45, 2.75) is 37.2 Å². The molecule has 2 N–H and O–H groups in total. The summed E-state index contributed by atoms with van der Waals surface area (Å²) in [6.45, 7) is 0.398. The summed E-state index contributed by atoms with van der Waals surface area (Å²) >= 11 is 6.20. The zero-order chi connectivity index (χ0) is 29.0. The number of alkyl halides is 4. The van der Waals surface area contributed by atoms with Gasteiger partial charge >= 0.3 is 6.18 Å². The minimum Gasteiger partial charge on any atom is -0.497 e. The van der Waals surface area contributed by atoms with E-state index in [1.54, 1.807) is 26.2 Å². The van der Waals surface area contributed by atoms with E-state index in [-0.39, 0.29) is 34.7 Å². The van der Waals surface area contributed by atoms with Crippen molar-refractivity contribution in [3.8, 4) is 5.75 Å². The Bertz CT molecular complexity index is 1170. The summed E-state index contributed by atoms with van der Waals surface area (Å²) in [5.41, 5.74) is -4.32. The smallest absolute Gasteiger partial charge is 0.430 e. The van der Waals surface area contributed by atoms with Gasteiger partial charge < -0.3 is 25.0 Å². The molecule has 2 heterocycles. The van der Waals surface area contributed by atoms with Crippen molar-refractivity contribution in [3.63, 3.8) is 0 Å². The first-order valence-corrected chi connectivity index (χ1v) is 12.6. The number of carbonyl (C=O) groups is 2. The van der Waals surface area contributed by atoms with E-state index >= 15 is 0 Å². The standard InChI is InChI=1S/C26H31ClF4N4O4/c1-34(2)23(36)20-7-8-21(33-22(20)27)35-11-9-16(10-12-35)13-18(28)15-32-24(37)25(38,26(29,30)31)17-5-4-6-19(14-17)39-3/h4-8,14,16,18,38H,9-13,15H2,1-3H3,(H,32,37)/t18-,25-/m1/s1. The van der Waals surface area contributed by atoms with Crippen LogP contribution in [-0.4, -0.2) is 80.0 Å². The fourth-order valence-corrected chi connectivity index (χ4v) is 4.68. The maximum absolute atomic E-state index is 14.7. The van der Waals surface area contributed by atoms with Crippen molar-refractivity contribution in [3.05, 3.63) is 52.7 Å². The second kappa shape index (κ2) is 12.4. The highest BCUT2D eigenvalue weighted by atomic mass is 35.5. The van der Waals surface area contributed by atoms with Crippen molar-refractivity contribution in [1.82, 2.24) is 15.2 Å². The van der Waals surface area contributed by atoms with Crippen molar-refractivity contribution in [1.29, 1.82) is 0 Å². The van der Waals surface area contributed by atoms with Crippen LogP contribution in [0.1, 0.15) is 35.2 Å². The maximum Gasteiger partial charge on any atom is 0.430 e. The van der Waals surface area contributed by atoms with E-state index in [1.165, 1.54) is 24.1 Å². The van der Waals surface area contributed by atoms with Gasteiger partial charge in [0.2, 0.25) is 0 Å². The SMILES string of the molecule is COc1cccc([C@@](O)(C(=O)NC[C@H](F)CC2CCN(c3ccc(C(=O)N(C)C)c(Cl)n3)CC2)C(F)(F)F)c1. The van der Waals surface area contributed by atoms with E-state index in [0.717, 1.165) is 12.1 Å². The molecule has 0 saturated carbocycles. The molecule has 39 heavy (non-hydrogen) atoms. The molecule has 0 bridgehead atoms. The van der Waals surface area contributed by atoms with E-state index < -0.39 is 36.0 Å². The number of aromatic nitrogens is 1. The zero-order valence-electron chi connectivity index (χ0n) is 21.8. The summed E-state index contributed by atoms with van der Waals surface area (Å²) in [6.07, 6.45) is -5.76. The van der Waals surface area contributed by atoms with Crippen LogP contribution in [0.2, 0.25) is 5.15 Å². The predicted molar refractivity (Wildman–Crippen MR) is 138 cm³/mol. The van der Waals surface area contributed by atoms with Gasteiger partial charge in [-0.2, -0.15) is 13.2 Å². The number of halogens is 5. The Hall–Kier alpha value is -3.12. The van der Waals surface area contributed by atoms with E-state index in [1.807, 2.05) is 10.2 Å². The summed E-state index contributed by atoms with van der Waals surface area (Å²) < 4.78 is 61.0. The fraction of sp³-hybridized carbons (Fsp3) is 0.500. The number of hydrogen-bond donors (Lipinski definition) is 2. The first-order valence-electron chi connectivity index (χ1n) is 12.3. The third-order valence-corrected chi connectivity index (χ3v) is 7.00. The van der Waals surface area contributed by atoms with Gasteiger partial charge in [0.1, 0.15) is 22.9 Å². The van der Waals surface area contributed by atoms with Crippen molar-refractivity contribution in [2.75, 3.05) is 45.7 Å². The molecule has 1 saturated heterocycles. The van der Waals surface area contributed by atoms with Crippen LogP contribution in [-0.2, 0) is 10.4 Å². The average molecular weight is 575 g/mol. The minimum absolute atomic E-state index is 0.0214. The normalized spacial score (nSPS) is 16.8. The second-order valence-electron chi connectivity index (χ2n) is 9.62. The van der Waals surface area contributed by atoms with Crippen molar-refractivity contribution < 1.29 is 37.0 Å². The number of methoxy groups -OCH3 is 1. The molecule has 0 aliphatic carbocycles. The van der Waals surface area contributed by atoms with Gasteiger partial charge in [0.25, 0.3) is 17.4 Å². The second-order valence-corrected chi connectivity index (χ2v) is 9.98. The van der Waals surface area contributed by atoms with E-state index in [2.05, 4.69) is 4.98 Å². The summed E-state index contributed by atoms with van der Waals surface area (Å²) in [5.74, 6) is -1.50. The van der Waals surface area contributed by atoms with E-state index in [9.17, 15) is 32.3 Å². The molecule has 8 nitrogen and oxygen atoms in total. The van der Waals surface area contributed by atoms with Crippen LogP contribution in [0.4, 0.5) is 23.4 Å². The molecule has 1 aromatic carbocycles. The van der Waals surface area contributed by atoms with Crippen LogP contribution in [0, 0.1) is 5.92 Å². The number of benzene rings is 1. The van der Waals surface area contributed by atoms with E-state index in [4.69, 9.17) is 16.3 Å². The van der Waals surface area contributed by atoms with Crippen molar-refractivity contribution >= 4 is 29.2 Å². The molecule has 3 rings (SSSR count). The van der Waals surface area contributed by atoms with Gasteiger partial charge in [0, 0.05) is 39.3 Å². The molecule has 2 amide bonds. The number of aliphatic hydroxyl groups is 1. The Morgan fingerprint density at radius 1 is 1.23 bits per heavy atom. The number of piperidine rings is 1. The molecule has 214 valence electrons. The molecular weight excluding hydrogens is 544 g/mol. The fourth-order valence-electron chi connectivity index (χ4n) is 4.45. The molecule has 1 aromatic heterocycles. The molecule has 0 unspecified atom stereocenters. The molecule has 1 aliphatic rings. The third kappa shape index (κ3) is 6.91. The number of pyridine rings is 1. The monoisotopic (exact) mass is 574 g/mol. The number of anilines is 1. The highest BCUT2D eigenvalue weighted by Gasteiger charge is 2.61. The van der Waals surface area contributed by atoms with Gasteiger partial charge in [0.15, 0.2) is 0 Å². The van der Waals surface area contributed by atoms with Crippen LogP contribution in [0.3, 0.4) is 0 Å². The van der Waals surface area contributed by atoms with Crippen LogP contribution in [0.25, 0.3) is 0 Å². The number of amides is 2. The first-order chi connectivity index (χ1) is 18.3. The van der Waals surface area contributed by atoms with Crippen LogP contribution < -0.4 is 15.0 Å². The Labute approximate surface area is 228 Å². The van der Waals surface area contributed by atoms with Gasteiger partial charge in [-0.15, -0.1) is 0 Å².